The van der Waals surface area contributed by atoms with E-state index in [9.17, 15) is 10.1 Å². The fourth-order valence-corrected chi connectivity index (χ4v) is 1.94. The van der Waals surface area contributed by atoms with Gasteiger partial charge in [-0.05, 0) is 13.8 Å². The highest BCUT2D eigenvalue weighted by Gasteiger charge is 2.23. The molecule has 8 nitrogen and oxygen atoms in total. The second-order valence-electron chi connectivity index (χ2n) is 4.35. The molecule has 0 bridgehead atoms. The van der Waals surface area contributed by atoms with E-state index in [1.54, 1.807) is 19.3 Å². The maximum Gasteiger partial charge on any atom is 0.312 e. The third kappa shape index (κ3) is 2.73. The number of hydrogen-bond donors (Lipinski definition) is 1. The highest BCUT2D eigenvalue weighted by atomic mass is 16.6. The molecule has 1 N–H and O–H groups in total. The van der Waals surface area contributed by atoms with Crippen molar-refractivity contribution in [2.24, 2.45) is 7.05 Å². The summed E-state index contributed by atoms with van der Waals surface area (Å²) in [4.78, 5) is 23.3. The van der Waals surface area contributed by atoms with Crippen LogP contribution in [0, 0.1) is 17.0 Å². The van der Waals surface area contributed by atoms with Crippen molar-refractivity contribution in [1.82, 2.24) is 19.5 Å². The zero-order valence-corrected chi connectivity index (χ0v) is 11.6. The second kappa shape index (κ2) is 5.64. The van der Waals surface area contributed by atoms with E-state index in [1.807, 2.05) is 18.5 Å². The molecule has 2 heterocycles. The Kier molecular flexibility index (Phi) is 3.92. The minimum Gasteiger partial charge on any atom is -0.354 e. The maximum absolute atomic E-state index is 11.2. The zero-order chi connectivity index (χ0) is 14.7. The Morgan fingerprint density at radius 2 is 2.20 bits per heavy atom. The molecular formula is C12H16N6O2. The van der Waals surface area contributed by atoms with Gasteiger partial charge in [-0.3, -0.25) is 10.1 Å². The molecule has 8 heteroatoms. The summed E-state index contributed by atoms with van der Waals surface area (Å²) in [5, 5.41) is 14.2. The molecule has 2 aromatic rings. The smallest absolute Gasteiger partial charge is 0.312 e. The van der Waals surface area contributed by atoms with Crippen LogP contribution < -0.4 is 5.32 Å². The molecule has 106 valence electrons. The van der Waals surface area contributed by atoms with Crippen molar-refractivity contribution < 1.29 is 4.92 Å². The van der Waals surface area contributed by atoms with Gasteiger partial charge in [-0.15, -0.1) is 0 Å². The maximum atomic E-state index is 11.2. The predicted molar refractivity (Wildman–Crippen MR) is 73.6 cm³/mol. The van der Waals surface area contributed by atoms with Crippen LogP contribution in [0.4, 0.5) is 11.6 Å². The first-order chi connectivity index (χ1) is 9.52. The number of nitrogens with one attached hydrogen (secondary N) is 1. The molecule has 0 atom stereocenters. The van der Waals surface area contributed by atoms with Crippen LogP contribution in [0.25, 0.3) is 0 Å². The number of imidazole rings is 1. The molecule has 2 aromatic heterocycles. The summed E-state index contributed by atoms with van der Waals surface area (Å²) < 4.78 is 1.81. The van der Waals surface area contributed by atoms with Gasteiger partial charge in [0.25, 0.3) is 0 Å². The monoisotopic (exact) mass is 276 g/mol. The summed E-state index contributed by atoms with van der Waals surface area (Å²) >= 11 is 0. The summed E-state index contributed by atoms with van der Waals surface area (Å²) in [6.07, 6.45) is 3.74. The minimum absolute atomic E-state index is 0.0466. The minimum atomic E-state index is -0.441. The Morgan fingerprint density at radius 3 is 2.75 bits per heavy atom. The SMILES string of the molecule is CCNc1nc(C)c([N+](=O)[O-])c(Cc2nccn2C)n1. The molecule has 0 aliphatic rings. The average molecular weight is 276 g/mol. The van der Waals surface area contributed by atoms with Crippen molar-refractivity contribution >= 4 is 11.6 Å². The Morgan fingerprint density at radius 1 is 1.45 bits per heavy atom. The fourth-order valence-electron chi connectivity index (χ4n) is 1.94. The third-order valence-corrected chi connectivity index (χ3v) is 2.89. The topological polar surface area (TPSA) is 98.8 Å². The van der Waals surface area contributed by atoms with Crippen LogP contribution in [-0.2, 0) is 13.5 Å². The van der Waals surface area contributed by atoms with E-state index in [1.165, 1.54) is 0 Å². The number of aryl methyl sites for hydroxylation is 2. The molecule has 0 saturated carbocycles. The standard InChI is InChI=1S/C12H16N6O2/c1-4-13-12-15-8(2)11(18(19)20)9(16-12)7-10-14-5-6-17(10)3/h5-6H,4,7H2,1-3H3,(H,13,15,16). The van der Waals surface area contributed by atoms with Gasteiger partial charge in [0.15, 0.2) is 0 Å². The lowest BCUT2D eigenvalue weighted by molar-refractivity contribution is -0.386. The lowest BCUT2D eigenvalue weighted by atomic mass is 10.2. The summed E-state index contributed by atoms with van der Waals surface area (Å²) in [5.74, 6) is 1.12. The largest absolute Gasteiger partial charge is 0.354 e. The van der Waals surface area contributed by atoms with Gasteiger partial charge in [-0.1, -0.05) is 0 Å². The van der Waals surface area contributed by atoms with Crippen molar-refractivity contribution in [3.8, 4) is 0 Å². The van der Waals surface area contributed by atoms with Gasteiger partial charge < -0.3 is 9.88 Å². The Bertz CT molecular complexity index is 637. The molecule has 0 saturated heterocycles. The first kappa shape index (κ1) is 13.9. The number of hydrogen-bond acceptors (Lipinski definition) is 6. The van der Waals surface area contributed by atoms with Crippen LogP contribution in [0.1, 0.15) is 24.1 Å². The fraction of sp³-hybridized carbons (Fsp3) is 0.417. The normalized spacial score (nSPS) is 10.6. The number of nitrogens with zero attached hydrogens (tertiary/aromatic N) is 5. The molecule has 0 amide bonds. The van der Waals surface area contributed by atoms with E-state index < -0.39 is 4.92 Å². The van der Waals surface area contributed by atoms with E-state index in [-0.39, 0.29) is 5.69 Å². The Balaban J connectivity index is 2.47. The highest BCUT2D eigenvalue weighted by molar-refractivity contribution is 5.45. The molecule has 0 aliphatic heterocycles. The summed E-state index contributed by atoms with van der Waals surface area (Å²) in [7, 11) is 1.84. The molecular weight excluding hydrogens is 260 g/mol. The number of nitro groups is 1. The third-order valence-electron chi connectivity index (χ3n) is 2.89. The molecule has 0 aromatic carbocycles. The van der Waals surface area contributed by atoms with Crippen molar-refractivity contribution in [3.63, 3.8) is 0 Å². The van der Waals surface area contributed by atoms with Gasteiger partial charge in [-0.25, -0.2) is 15.0 Å². The van der Waals surface area contributed by atoms with Crippen LogP contribution in [-0.4, -0.2) is 31.0 Å². The van der Waals surface area contributed by atoms with Crippen LogP contribution in [0.2, 0.25) is 0 Å². The number of anilines is 1. The van der Waals surface area contributed by atoms with Crippen molar-refractivity contribution in [1.29, 1.82) is 0 Å². The Labute approximate surface area is 116 Å². The quantitative estimate of drug-likeness (QED) is 0.655. The van der Waals surface area contributed by atoms with Crippen molar-refractivity contribution in [3.05, 3.63) is 39.7 Å². The first-order valence-electron chi connectivity index (χ1n) is 6.25. The lowest BCUT2D eigenvalue weighted by Crippen LogP contribution is -2.11. The van der Waals surface area contributed by atoms with E-state index in [4.69, 9.17) is 0 Å². The van der Waals surface area contributed by atoms with Crippen LogP contribution in [0.5, 0.6) is 0 Å². The molecule has 0 radical (unpaired) electrons. The van der Waals surface area contributed by atoms with E-state index in [0.717, 1.165) is 0 Å². The number of rotatable bonds is 5. The zero-order valence-electron chi connectivity index (χ0n) is 11.6. The highest BCUT2D eigenvalue weighted by Crippen LogP contribution is 2.23. The van der Waals surface area contributed by atoms with Crippen molar-refractivity contribution in [2.75, 3.05) is 11.9 Å². The van der Waals surface area contributed by atoms with Gasteiger partial charge >= 0.3 is 5.69 Å². The average Bonchev–Trinajstić information content (AvgIpc) is 2.74. The molecule has 0 fully saturated rings. The van der Waals surface area contributed by atoms with Crippen LogP contribution in [0.15, 0.2) is 12.4 Å². The summed E-state index contributed by atoms with van der Waals surface area (Å²) in [6, 6.07) is 0. The predicted octanol–water partition coefficient (Wildman–Crippen LogP) is 1.45. The summed E-state index contributed by atoms with van der Waals surface area (Å²) in [6.45, 7) is 4.18. The van der Waals surface area contributed by atoms with Crippen molar-refractivity contribution in [2.45, 2.75) is 20.3 Å². The van der Waals surface area contributed by atoms with E-state index in [2.05, 4.69) is 20.3 Å². The van der Waals surface area contributed by atoms with Gasteiger partial charge in [-0.2, -0.15) is 0 Å². The number of aromatic nitrogens is 4. The van der Waals surface area contributed by atoms with Gasteiger partial charge in [0.05, 0.1) is 11.3 Å². The van der Waals surface area contributed by atoms with Gasteiger partial charge in [0.2, 0.25) is 5.95 Å². The van der Waals surface area contributed by atoms with E-state index in [0.29, 0.717) is 36.1 Å². The first-order valence-corrected chi connectivity index (χ1v) is 6.25. The lowest BCUT2D eigenvalue weighted by Gasteiger charge is -2.08. The molecule has 0 aliphatic carbocycles. The molecule has 20 heavy (non-hydrogen) atoms. The molecule has 0 spiro atoms. The second-order valence-corrected chi connectivity index (χ2v) is 4.35. The summed E-state index contributed by atoms with van der Waals surface area (Å²) in [5.41, 5.74) is 0.674. The van der Waals surface area contributed by atoms with Crippen LogP contribution >= 0.6 is 0 Å². The van der Waals surface area contributed by atoms with Gasteiger partial charge in [0, 0.05) is 26.0 Å². The van der Waals surface area contributed by atoms with Gasteiger partial charge in [0.1, 0.15) is 17.2 Å². The molecule has 2 rings (SSSR count). The van der Waals surface area contributed by atoms with Crippen LogP contribution in [0.3, 0.4) is 0 Å². The van der Waals surface area contributed by atoms with E-state index >= 15 is 0 Å². The Hall–Kier alpha value is -2.51. The molecule has 0 unspecified atom stereocenters.